The zero-order valence-corrected chi connectivity index (χ0v) is 20.2. The van der Waals surface area contributed by atoms with Gasteiger partial charge >= 0.3 is 5.97 Å². The van der Waals surface area contributed by atoms with Crippen molar-refractivity contribution in [3.63, 3.8) is 0 Å². The van der Waals surface area contributed by atoms with Gasteiger partial charge in [-0.1, -0.05) is 40.5 Å². The smallest absolute Gasteiger partial charge is 0.306 e. The Balaban J connectivity index is 1.56. The van der Waals surface area contributed by atoms with Gasteiger partial charge in [0.2, 0.25) is 0 Å². The van der Waals surface area contributed by atoms with Crippen LogP contribution in [-0.4, -0.2) is 33.5 Å². The minimum absolute atomic E-state index is 0.0567. The summed E-state index contributed by atoms with van der Waals surface area (Å²) in [5.41, 5.74) is 0.259. The van der Waals surface area contributed by atoms with E-state index in [4.69, 9.17) is 0 Å². The molecule has 0 unspecified atom stereocenters. The summed E-state index contributed by atoms with van der Waals surface area (Å²) in [5, 5.41) is 31.6. The largest absolute Gasteiger partial charge is 0.481 e. The van der Waals surface area contributed by atoms with Gasteiger partial charge in [-0.15, -0.1) is 0 Å². The van der Waals surface area contributed by atoms with Crippen LogP contribution in [0.15, 0.2) is 0 Å². The van der Waals surface area contributed by atoms with Crippen molar-refractivity contribution < 1.29 is 20.1 Å². The molecule has 10 atom stereocenters. The van der Waals surface area contributed by atoms with Gasteiger partial charge in [-0.2, -0.15) is 0 Å². The van der Waals surface area contributed by atoms with Crippen molar-refractivity contribution in [1.29, 1.82) is 0 Å². The Bertz CT molecular complexity index is 662. The lowest BCUT2D eigenvalue weighted by Crippen LogP contribution is -2.54. The fourth-order valence-electron chi connectivity index (χ4n) is 9.22. The Morgan fingerprint density at radius 3 is 2.32 bits per heavy atom. The number of carboxylic acids is 1. The molecule has 4 fully saturated rings. The van der Waals surface area contributed by atoms with E-state index in [1.54, 1.807) is 0 Å². The number of hydrogen-bond acceptors (Lipinski definition) is 3. The fraction of sp³-hybridized carbons (Fsp3) is 0.963. The van der Waals surface area contributed by atoms with Crippen LogP contribution in [0, 0.1) is 52.3 Å². The number of fused-ring (bicyclic) bond motifs is 5. The maximum Gasteiger partial charge on any atom is 0.306 e. The van der Waals surface area contributed by atoms with Gasteiger partial charge in [0.15, 0.2) is 0 Å². The molecule has 4 aliphatic carbocycles. The first kappa shape index (κ1) is 23.5. The summed E-state index contributed by atoms with van der Waals surface area (Å²) in [6.07, 6.45) is 10.5. The van der Waals surface area contributed by atoms with E-state index in [1.165, 1.54) is 19.3 Å². The third-order valence-electron chi connectivity index (χ3n) is 10.8. The summed E-state index contributed by atoms with van der Waals surface area (Å²) in [6, 6.07) is 0. The third-order valence-corrected chi connectivity index (χ3v) is 10.8. The van der Waals surface area contributed by atoms with Crippen molar-refractivity contribution in [1.82, 2.24) is 0 Å². The van der Waals surface area contributed by atoms with Crippen molar-refractivity contribution in [2.45, 2.75) is 111 Å². The molecule has 0 radical (unpaired) electrons. The maximum absolute atomic E-state index is 12.3. The van der Waals surface area contributed by atoms with Crippen molar-refractivity contribution in [3.8, 4) is 0 Å². The Morgan fingerprint density at radius 2 is 1.65 bits per heavy atom. The topological polar surface area (TPSA) is 77.8 Å². The third kappa shape index (κ3) is 3.98. The molecule has 4 rings (SSSR count). The van der Waals surface area contributed by atoms with E-state index < -0.39 is 18.0 Å². The second-order valence-corrected chi connectivity index (χ2v) is 12.7. The average molecular weight is 435 g/mol. The lowest BCUT2D eigenvalue weighted by molar-refractivity contribution is -0.153. The number of carboxylic acid groups (broad SMARTS) is 1. The van der Waals surface area contributed by atoms with Crippen LogP contribution in [0.1, 0.15) is 98.3 Å². The SMILES string of the molecule is CC(C)CCC[C@@H](C(=O)O)[C@H]1[C@H](O)C[C@H]2[C@@H]3CC[C@H]4C[C@@H](O)CC[C@]4(C)[C@H]3CC[C@]12C. The molecular formula is C27H46O4. The highest BCUT2D eigenvalue weighted by atomic mass is 16.4. The number of aliphatic carboxylic acids is 1. The zero-order valence-electron chi connectivity index (χ0n) is 20.2. The van der Waals surface area contributed by atoms with Crippen molar-refractivity contribution in [2.24, 2.45) is 52.3 Å². The van der Waals surface area contributed by atoms with Crippen LogP contribution in [0.25, 0.3) is 0 Å². The molecule has 0 bridgehead atoms. The van der Waals surface area contributed by atoms with E-state index in [0.29, 0.717) is 41.4 Å². The Hall–Kier alpha value is -0.610. The molecule has 31 heavy (non-hydrogen) atoms. The quantitative estimate of drug-likeness (QED) is 0.515. The summed E-state index contributed by atoms with van der Waals surface area (Å²) < 4.78 is 0. The monoisotopic (exact) mass is 434 g/mol. The Morgan fingerprint density at radius 1 is 0.935 bits per heavy atom. The number of aliphatic hydroxyl groups excluding tert-OH is 2. The first-order chi connectivity index (χ1) is 14.6. The molecule has 4 saturated carbocycles. The number of carbonyl (C=O) groups is 1. The molecule has 0 aromatic heterocycles. The van der Waals surface area contributed by atoms with Crippen LogP contribution < -0.4 is 0 Å². The molecule has 0 aromatic carbocycles. The van der Waals surface area contributed by atoms with Crippen LogP contribution in [0.2, 0.25) is 0 Å². The van der Waals surface area contributed by atoms with E-state index in [-0.39, 0.29) is 17.4 Å². The van der Waals surface area contributed by atoms with Crippen LogP contribution >= 0.6 is 0 Å². The van der Waals surface area contributed by atoms with Gasteiger partial charge in [0.05, 0.1) is 18.1 Å². The Kier molecular flexibility index (Phi) is 6.55. The summed E-state index contributed by atoms with van der Waals surface area (Å²) >= 11 is 0. The zero-order chi connectivity index (χ0) is 22.6. The van der Waals surface area contributed by atoms with Gasteiger partial charge in [-0.25, -0.2) is 0 Å². The van der Waals surface area contributed by atoms with Gasteiger partial charge < -0.3 is 15.3 Å². The van der Waals surface area contributed by atoms with Gasteiger partial charge in [-0.3, -0.25) is 4.79 Å². The van der Waals surface area contributed by atoms with E-state index >= 15 is 0 Å². The minimum atomic E-state index is -0.700. The molecule has 0 amide bonds. The molecule has 0 heterocycles. The average Bonchev–Trinajstić information content (AvgIpc) is 2.96. The fourth-order valence-corrected chi connectivity index (χ4v) is 9.22. The van der Waals surface area contributed by atoms with Crippen LogP contribution in [-0.2, 0) is 4.79 Å². The molecular weight excluding hydrogens is 388 g/mol. The van der Waals surface area contributed by atoms with Crippen molar-refractivity contribution >= 4 is 5.97 Å². The van der Waals surface area contributed by atoms with Gasteiger partial charge in [0.25, 0.3) is 0 Å². The second-order valence-electron chi connectivity index (χ2n) is 12.7. The predicted octanol–water partition coefficient (Wildman–Crippen LogP) is 5.50. The van der Waals surface area contributed by atoms with Crippen molar-refractivity contribution in [3.05, 3.63) is 0 Å². The molecule has 0 saturated heterocycles. The predicted molar refractivity (Wildman–Crippen MR) is 122 cm³/mol. The van der Waals surface area contributed by atoms with E-state index in [1.807, 2.05) is 0 Å². The molecule has 3 N–H and O–H groups in total. The first-order valence-electron chi connectivity index (χ1n) is 13.2. The maximum atomic E-state index is 12.3. The van der Waals surface area contributed by atoms with Gasteiger partial charge in [-0.05, 0) is 98.2 Å². The number of rotatable bonds is 6. The van der Waals surface area contributed by atoms with E-state index in [9.17, 15) is 20.1 Å². The molecule has 0 aromatic rings. The summed E-state index contributed by atoms with van der Waals surface area (Å²) in [7, 11) is 0. The number of hydrogen-bond donors (Lipinski definition) is 3. The number of aliphatic hydroxyl groups is 2. The molecule has 178 valence electrons. The van der Waals surface area contributed by atoms with E-state index in [0.717, 1.165) is 44.9 Å². The van der Waals surface area contributed by atoms with Crippen LogP contribution in [0.4, 0.5) is 0 Å². The van der Waals surface area contributed by atoms with Gasteiger partial charge in [0.1, 0.15) is 0 Å². The van der Waals surface area contributed by atoms with Crippen LogP contribution in [0.3, 0.4) is 0 Å². The van der Waals surface area contributed by atoms with E-state index in [2.05, 4.69) is 27.7 Å². The standard InChI is InChI=1S/C27H46O4/c1-16(2)6-5-7-20(25(30)31)24-23(29)15-22-19-9-8-17-14-18(28)10-12-26(17,3)21(19)11-13-27(22,24)4/h16-24,28-29H,5-15H2,1-4H3,(H,30,31)/t17-,18-,19+,20+,21-,22-,23+,24-,26-,27-/m0/s1. The summed E-state index contributed by atoms with van der Waals surface area (Å²) in [6.45, 7) is 9.20. The molecule has 4 aliphatic rings. The lowest BCUT2D eigenvalue weighted by Gasteiger charge is -2.61. The molecule has 0 spiro atoms. The first-order valence-corrected chi connectivity index (χ1v) is 13.2. The normalized spacial score (nSPS) is 48.0. The Labute approximate surface area is 189 Å². The summed E-state index contributed by atoms with van der Waals surface area (Å²) in [4.78, 5) is 12.3. The lowest BCUT2D eigenvalue weighted by atomic mass is 9.44. The highest BCUT2D eigenvalue weighted by molar-refractivity contribution is 5.70. The second kappa shape index (κ2) is 8.63. The summed E-state index contributed by atoms with van der Waals surface area (Å²) in [5.74, 6) is 1.72. The molecule has 4 nitrogen and oxygen atoms in total. The van der Waals surface area contributed by atoms with Gasteiger partial charge in [0, 0.05) is 5.92 Å². The molecule has 0 aliphatic heterocycles. The van der Waals surface area contributed by atoms with Crippen LogP contribution in [0.5, 0.6) is 0 Å². The minimum Gasteiger partial charge on any atom is -0.481 e. The molecule has 4 heteroatoms. The highest BCUT2D eigenvalue weighted by Crippen LogP contribution is 2.68. The highest BCUT2D eigenvalue weighted by Gasteiger charge is 2.63. The van der Waals surface area contributed by atoms with Crippen molar-refractivity contribution in [2.75, 3.05) is 0 Å².